The van der Waals surface area contributed by atoms with Gasteiger partial charge in [-0.1, -0.05) is 27.8 Å². The molecule has 1 aromatic heterocycles. The van der Waals surface area contributed by atoms with Crippen LogP contribution >= 0.6 is 11.6 Å². The molecule has 0 aromatic carbocycles. The number of nitriles is 1. The molecule has 0 bridgehead atoms. The molecular weight excluding hydrogens is 246 g/mol. The Balaban J connectivity index is 2.38. The number of pyridine rings is 1. The maximum Gasteiger partial charge on any atom is 0.212 e. The minimum absolute atomic E-state index is 0.0445. The average Bonchev–Trinajstić information content (AvgIpc) is 2.62. The summed E-state index contributed by atoms with van der Waals surface area (Å²) in [5, 5.41) is 9.00. The van der Waals surface area contributed by atoms with Gasteiger partial charge in [-0.2, -0.15) is 5.26 Å². The van der Waals surface area contributed by atoms with E-state index in [-0.39, 0.29) is 5.25 Å². The first kappa shape index (κ1) is 11.5. The molecule has 16 heavy (non-hydrogen) atoms. The molecule has 2 heterocycles. The summed E-state index contributed by atoms with van der Waals surface area (Å²) in [5.41, 5.74) is 0.928. The summed E-state index contributed by atoms with van der Waals surface area (Å²) in [7, 11) is -2.49. The van der Waals surface area contributed by atoms with Crippen molar-refractivity contribution < 1.29 is 4.55 Å². The van der Waals surface area contributed by atoms with Crippen LogP contribution in [0.1, 0.15) is 23.7 Å². The molecule has 1 aromatic rings. The second kappa shape index (κ2) is 4.50. The second-order valence-electron chi connectivity index (χ2n) is 3.78. The maximum absolute atomic E-state index is 10.3. The monoisotopic (exact) mass is 257 g/mol. The lowest BCUT2D eigenvalue weighted by atomic mass is 10.1. The summed E-state index contributed by atoms with van der Waals surface area (Å²) in [4.78, 5) is 4.00. The Morgan fingerprint density at radius 3 is 3.06 bits per heavy atom. The molecular formula is C10H12ClN3OS. The summed E-state index contributed by atoms with van der Waals surface area (Å²) in [6, 6.07) is 3.55. The van der Waals surface area contributed by atoms with Gasteiger partial charge in [0.15, 0.2) is 0 Å². The SMILES string of the molecule is N#CN=[SH]1(O)CCCC1c1ccc(Cl)nc1. The molecule has 1 aliphatic rings. The van der Waals surface area contributed by atoms with Gasteiger partial charge < -0.3 is 4.55 Å². The molecule has 1 atom stereocenters. The molecule has 1 fully saturated rings. The molecule has 4 nitrogen and oxygen atoms in total. The molecule has 0 radical (unpaired) electrons. The Kier molecular flexibility index (Phi) is 3.24. The van der Waals surface area contributed by atoms with E-state index in [1.165, 1.54) is 0 Å². The van der Waals surface area contributed by atoms with Crippen molar-refractivity contribution >= 4 is 21.7 Å². The van der Waals surface area contributed by atoms with Crippen molar-refractivity contribution in [3.8, 4) is 6.19 Å². The minimum atomic E-state index is -2.49. The minimum Gasteiger partial charge on any atom is -0.343 e. The highest BCUT2D eigenvalue weighted by Crippen LogP contribution is 2.39. The van der Waals surface area contributed by atoms with E-state index in [2.05, 4.69) is 9.35 Å². The molecule has 1 aliphatic heterocycles. The van der Waals surface area contributed by atoms with Crippen LogP contribution in [0.5, 0.6) is 0 Å². The Labute approximate surface area is 100 Å². The Hall–Kier alpha value is -0.960. The van der Waals surface area contributed by atoms with Crippen molar-refractivity contribution in [1.29, 1.82) is 5.26 Å². The van der Waals surface area contributed by atoms with Crippen molar-refractivity contribution in [1.82, 2.24) is 4.98 Å². The maximum atomic E-state index is 10.3. The lowest BCUT2D eigenvalue weighted by Gasteiger charge is -2.24. The Bertz CT molecular complexity index is 480. The van der Waals surface area contributed by atoms with E-state index >= 15 is 0 Å². The largest absolute Gasteiger partial charge is 0.343 e. The van der Waals surface area contributed by atoms with Crippen LogP contribution in [-0.2, 0) is 10.1 Å². The van der Waals surface area contributed by atoms with E-state index in [0.717, 1.165) is 18.4 Å². The van der Waals surface area contributed by atoms with Crippen LogP contribution in [0.25, 0.3) is 0 Å². The lowest BCUT2D eigenvalue weighted by molar-refractivity contribution is 0.621. The van der Waals surface area contributed by atoms with Gasteiger partial charge in [0.05, 0.1) is 0 Å². The third-order valence-corrected chi connectivity index (χ3v) is 6.01. The topological polar surface area (TPSA) is 69.3 Å². The second-order valence-corrected chi connectivity index (χ2v) is 7.01. The number of rotatable bonds is 1. The van der Waals surface area contributed by atoms with Crippen LogP contribution in [0.2, 0.25) is 5.15 Å². The molecule has 1 N–H and O–H groups in total. The van der Waals surface area contributed by atoms with Gasteiger partial charge in [-0.3, -0.25) is 0 Å². The van der Waals surface area contributed by atoms with Crippen LogP contribution in [0.4, 0.5) is 0 Å². The van der Waals surface area contributed by atoms with E-state index in [0.29, 0.717) is 10.9 Å². The highest BCUT2D eigenvalue weighted by molar-refractivity contribution is 8.00. The van der Waals surface area contributed by atoms with E-state index in [4.69, 9.17) is 16.9 Å². The zero-order valence-electron chi connectivity index (χ0n) is 8.54. The standard InChI is InChI=1S/C10H12ClN3OS/c11-10-4-3-8(6-13-10)9-2-1-5-16(9,15)14-7-12/h3-4,6,9,16H,1-2,5H2,(H,14,15). The van der Waals surface area contributed by atoms with E-state index < -0.39 is 10.1 Å². The van der Waals surface area contributed by atoms with E-state index in [1.807, 2.05) is 6.07 Å². The Morgan fingerprint density at radius 2 is 2.44 bits per heavy atom. The predicted molar refractivity (Wildman–Crippen MR) is 65.5 cm³/mol. The molecule has 0 aliphatic carbocycles. The molecule has 1 saturated heterocycles. The summed E-state index contributed by atoms with van der Waals surface area (Å²) >= 11 is 5.71. The zero-order chi connectivity index (χ0) is 11.6. The van der Waals surface area contributed by atoms with Crippen LogP contribution in [0, 0.1) is 11.5 Å². The van der Waals surface area contributed by atoms with Crippen LogP contribution < -0.4 is 0 Å². The van der Waals surface area contributed by atoms with Gasteiger partial charge in [0.25, 0.3) is 0 Å². The summed E-state index contributed by atoms with van der Waals surface area (Å²) in [6.45, 7) is 0. The van der Waals surface area contributed by atoms with Crippen molar-refractivity contribution in [2.24, 2.45) is 4.36 Å². The first-order valence-electron chi connectivity index (χ1n) is 4.99. The van der Waals surface area contributed by atoms with Gasteiger partial charge in [-0.15, -0.1) is 4.36 Å². The zero-order valence-corrected chi connectivity index (χ0v) is 10.2. The average molecular weight is 258 g/mol. The van der Waals surface area contributed by atoms with Gasteiger partial charge in [-0.25, -0.2) is 4.98 Å². The summed E-state index contributed by atoms with van der Waals surface area (Å²) in [6.07, 6.45) is 5.17. The Morgan fingerprint density at radius 1 is 1.62 bits per heavy atom. The molecule has 1 unspecified atom stereocenters. The number of aromatic nitrogens is 1. The quantitative estimate of drug-likeness (QED) is 0.462. The van der Waals surface area contributed by atoms with Crippen LogP contribution in [-0.4, -0.2) is 15.3 Å². The molecule has 6 heteroatoms. The first-order chi connectivity index (χ1) is 7.65. The van der Waals surface area contributed by atoms with Gasteiger partial charge in [0.1, 0.15) is 5.15 Å². The van der Waals surface area contributed by atoms with Gasteiger partial charge in [0.2, 0.25) is 6.19 Å². The fourth-order valence-corrected chi connectivity index (χ4v) is 4.76. The van der Waals surface area contributed by atoms with E-state index in [9.17, 15) is 4.55 Å². The highest BCUT2D eigenvalue weighted by atomic mass is 35.5. The van der Waals surface area contributed by atoms with Gasteiger partial charge >= 0.3 is 0 Å². The highest BCUT2D eigenvalue weighted by Gasteiger charge is 2.30. The third kappa shape index (κ3) is 2.09. The fourth-order valence-electron chi connectivity index (χ4n) is 2.07. The number of hydrogen-bond acceptors (Lipinski definition) is 3. The van der Waals surface area contributed by atoms with Gasteiger partial charge in [-0.05, 0) is 24.5 Å². The summed E-state index contributed by atoms with van der Waals surface area (Å²) < 4.78 is 14.1. The predicted octanol–water partition coefficient (Wildman–Crippen LogP) is 2.59. The van der Waals surface area contributed by atoms with Crippen LogP contribution in [0.15, 0.2) is 22.7 Å². The molecule has 86 valence electrons. The lowest BCUT2D eigenvalue weighted by Crippen LogP contribution is -2.16. The molecule has 0 amide bonds. The number of halogens is 1. The molecule has 0 saturated carbocycles. The van der Waals surface area contributed by atoms with E-state index in [1.54, 1.807) is 18.5 Å². The number of hydrogen-bond donors (Lipinski definition) is 2. The molecule has 0 spiro atoms. The fraction of sp³-hybridized carbons (Fsp3) is 0.400. The van der Waals surface area contributed by atoms with Crippen molar-refractivity contribution in [3.63, 3.8) is 0 Å². The van der Waals surface area contributed by atoms with Crippen molar-refractivity contribution in [3.05, 3.63) is 29.0 Å². The normalized spacial score (nSPS) is 24.7. The van der Waals surface area contributed by atoms with Crippen molar-refractivity contribution in [2.75, 3.05) is 5.75 Å². The summed E-state index contributed by atoms with van der Waals surface area (Å²) in [5.74, 6) is 0.633. The van der Waals surface area contributed by atoms with Crippen molar-refractivity contribution in [2.45, 2.75) is 18.1 Å². The van der Waals surface area contributed by atoms with Gasteiger partial charge in [0, 0.05) is 17.2 Å². The third-order valence-electron chi connectivity index (χ3n) is 2.82. The first-order valence-corrected chi connectivity index (χ1v) is 7.32. The molecule has 2 rings (SSSR count). The smallest absolute Gasteiger partial charge is 0.212 e. The number of thiol groups is 1. The number of nitrogens with zero attached hydrogens (tertiary/aromatic N) is 3. The van der Waals surface area contributed by atoms with Crippen LogP contribution in [0.3, 0.4) is 0 Å².